The SMILES string of the molecule is CC(C(=O)C(N)Cc1ccc(C(=O)c2ccccc2)cc1)C(=S)N1CCC[C@H]1C(=O)O. The van der Waals surface area contributed by atoms with Crippen LogP contribution in [0.5, 0.6) is 0 Å². The average Bonchev–Trinajstić information content (AvgIpc) is 3.28. The summed E-state index contributed by atoms with van der Waals surface area (Å²) < 4.78 is 0. The Balaban J connectivity index is 1.62. The number of carbonyl (C=O) groups is 3. The van der Waals surface area contributed by atoms with Crippen LogP contribution >= 0.6 is 12.2 Å². The van der Waals surface area contributed by atoms with E-state index < -0.39 is 24.0 Å². The highest BCUT2D eigenvalue weighted by molar-refractivity contribution is 7.80. The number of carboxylic acid groups (broad SMARTS) is 1. The van der Waals surface area contributed by atoms with E-state index >= 15 is 0 Å². The number of Topliss-reactive ketones (excluding diaryl/α,β-unsaturated/α-hetero) is 1. The molecule has 2 aromatic carbocycles. The molecule has 31 heavy (non-hydrogen) atoms. The molecule has 3 rings (SSSR count). The Labute approximate surface area is 187 Å². The first-order valence-corrected chi connectivity index (χ1v) is 10.7. The molecule has 1 saturated heterocycles. The van der Waals surface area contributed by atoms with E-state index in [4.69, 9.17) is 18.0 Å². The minimum absolute atomic E-state index is 0.0647. The summed E-state index contributed by atoms with van der Waals surface area (Å²) in [5.74, 6) is -1.84. The molecule has 1 heterocycles. The molecule has 7 heteroatoms. The number of hydrogen-bond donors (Lipinski definition) is 2. The van der Waals surface area contributed by atoms with Gasteiger partial charge in [0.05, 0.1) is 16.9 Å². The van der Waals surface area contributed by atoms with Crippen molar-refractivity contribution in [2.75, 3.05) is 6.54 Å². The molecular formula is C24H26N2O4S. The predicted octanol–water partition coefficient (Wildman–Crippen LogP) is 2.87. The number of nitrogens with two attached hydrogens (primary N) is 1. The number of carbonyl (C=O) groups excluding carboxylic acids is 2. The second-order valence-electron chi connectivity index (χ2n) is 7.85. The summed E-state index contributed by atoms with van der Waals surface area (Å²) in [4.78, 5) is 38.7. The smallest absolute Gasteiger partial charge is 0.326 e. The van der Waals surface area contributed by atoms with Gasteiger partial charge in [0.25, 0.3) is 0 Å². The fourth-order valence-electron chi connectivity index (χ4n) is 3.88. The van der Waals surface area contributed by atoms with Crippen molar-refractivity contribution in [3.05, 3.63) is 71.3 Å². The summed E-state index contributed by atoms with van der Waals surface area (Å²) in [6, 6.07) is 14.7. The minimum Gasteiger partial charge on any atom is -0.480 e. The molecule has 1 fully saturated rings. The molecule has 1 aliphatic rings. The Morgan fingerprint density at radius 3 is 2.32 bits per heavy atom. The van der Waals surface area contributed by atoms with Gasteiger partial charge in [0, 0.05) is 17.7 Å². The molecular weight excluding hydrogens is 412 g/mol. The summed E-state index contributed by atoms with van der Waals surface area (Å²) in [6.45, 7) is 2.23. The molecule has 3 atom stereocenters. The zero-order valence-electron chi connectivity index (χ0n) is 17.4. The van der Waals surface area contributed by atoms with Gasteiger partial charge in [0.1, 0.15) is 6.04 Å². The van der Waals surface area contributed by atoms with Gasteiger partial charge in [-0.25, -0.2) is 4.79 Å². The van der Waals surface area contributed by atoms with E-state index in [1.807, 2.05) is 18.2 Å². The third-order valence-corrected chi connectivity index (χ3v) is 6.28. The van der Waals surface area contributed by atoms with E-state index in [0.717, 1.165) is 12.0 Å². The molecule has 0 saturated carbocycles. The molecule has 2 aromatic rings. The van der Waals surface area contributed by atoms with Gasteiger partial charge in [-0.05, 0) is 31.7 Å². The second-order valence-corrected chi connectivity index (χ2v) is 8.27. The molecule has 0 aliphatic carbocycles. The topological polar surface area (TPSA) is 101 Å². The lowest BCUT2D eigenvalue weighted by Gasteiger charge is -2.28. The van der Waals surface area contributed by atoms with E-state index in [1.54, 1.807) is 48.2 Å². The molecule has 3 N–H and O–H groups in total. The third kappa shape index (κ3) is 5.24. The lowest BCUT2D eigenvalue weighted by Crippen LogP contribution is -2.47. The Morgan fingerprint density at radius 2 is 1.71 bits per heavy atom. The standard InChI is InChI=1S/C24H26N2O4S/c1-15(23(31)26-13-5-8-20(26)24(29)30)21(27)19(25)14-16-9-11-18(12-10-16)22(28)17-6-3-2-4-7-17/h2-4,6-7,9-12,15,19-20H,5,8,13-14,25H2,1H3,(H,29,30)/t15?,19?,20-/m0/s1. The number of ketones is 2. The van der Waals surface area contributed by atoms with E-state index in [9.17, 15) is 19.5 Å². The number of rotatable bonds is 8. The molecule has 0 bridgehead atoms. The Bertz CT molecular complexity index is 975. The first-order valence-electron chi connectivity index (χ1n) is 10.3. The fourth-order valence-corrected chi connectivity index (χ4v) is 4.22. The van der Waals surface area contributed by atoms with E-state index in [0.29, 0.717) is 35.5 Å². The van der Waals surface area contributed by atoms with Gasteiger partial charge in [-0.15, -0.1) is 0 Å². The first kappa shape index (κ1) is 22.8. The molecule has 162 valence electrons. The fraction of sp³-hybridized carbons (Fsp3) is 0.333. The van der Waals surface area contributed by atoms with Gasteiger partial charge < -0.3 is 15.7 Å². The monoisotopic (exact) mass is 438 g/mol. The zero-order valence-corrected chi connectivity index (χ0v) is 18.2. The van der Waals surface area contributed by atoms with Crippen molar-refractivity contribution in [2.24, 2.45) is 11.7 Å². The number of hydrogen-bond acceptors (Lipinski definition) is 5. The van der Waals surface area contributed by atoms with Gasteiger partial charge in [-0.2, -0.15) is 0 Å². The maximum absolute atomic E-state index is 12.8. The predicted molar refractivity (Wildman–Crippen MR) is 122 cm³/mol. The number of aliphatic carboxylic acids is 1. The average molecular weight is 439 g/mol. The van der Waals surface area contributed by atoms with Crippen LogP contribution in [0.4, 0.5) is 0 Å². The van der Waals surface area contributed by atoms with Crippen molar-refractivity contribution in [1.29, 1.82) is 0 Å². The van der Waals surface area contributed by atoms with Gasteiger partial charge in [0.2, 0.25) is 0 Å². The van der Waals surface area contributed by atoms with Crippen molar-refractivity contribution in [2.45, 2.75) is 38.3 Å². The molecule has 2 unspecified atom stereocenters. The molecule has 0 spiro atoms. The minimum atomic E-state index is -0.922. The summed E-state index contributed by atoms with van der Waals surface area (Å²) >= 11 is 5.43. The van der Waals surface area contributed by atoms with Crippen LogP contribution in [0.2, 0.25) is 0 Å². The van der Waals surface area contributed by atoms with Crippen LogP contribution < -0.4 is 5.73 Å². The van der Waals surface area contributed by atoms with Gasteiger partial charge in [-0.1, -0.05) is 66.8 Å². The lowest BCUT2D eigenvalue weighted by atomic mass is 9.93. The van der Waals surface area contributed by atoms with E-state index in [1.165, 1.54) is 0 Å². The number of thiocarbonyl (C=S) groups is 1. The molecule has 0 radical (unpaired) electrons. The van der Waals surface area contributed by atoms with Crippen LogP contribution in [0.25, 0.3) is 0 Å². The first-order chi connectivity index (χ1) is 14.8. The summed E-state index contributed by atoms with van der Waals surface area (Å²) in [5, 5.41) is 9.36. The largest absolute Gasteiger partial charge is 0.480 e. The van der Waals surface area contributed by atoms with Crippen LogP contribution in [-0.4, -0.2) is 51.2 Å². The Hall–Kier alpha value is -2.90. The highest BCUT2D eigenvalue weighted by Crippen LogP contribution is 2.22. The number of likely N-dealkylation sites (tertiary alicyclic amines) is 1. The van der Waals surface area contributed by atoms with Crippen molar-refractivity contribution < 1.29 is 19.5 Å². The highest BCUT2D eigenvalue weighted by atomic mass is 32.1. The van der Waals surface area contributed by atoms with Crippen molar-refractivity contribution in [3.8, 4) is 0 Å². The Kier molecular flexibility index (Phi) is 7.30. The normalized spacial score (nSPS) is 17.7. The van der Waals surface area contributed by atoms with Crippen molar-refractivity contribution in [1.82, 2.24) is 4.90 Å². The van der Waals surface area contributed by atoms with Crippen molar-refractivity contribution >= 4 is 34.7 Å². The highest BCUT2D eigenvalue weighted by Gasteiger charge is 2.36. The molecule has 1 aliphatic heterocycles. The molecule has 0 amide bonds. The van der Waals surface area contributed by atoms with Crippen LogP contribution in [-0.2, 0) is 16.0 Å². The van der Waals surface area contributed by atoms with Crippen LogP contribution in [0.1, 0.15) is 41.3 Å². The summed E-state index contributed by atoms with van der Waals surface area (Å²) in [5.41, 5.74) is 8.18. The van der Waals surface area contributed by atoms with Crippen LogP contribution in [0.15, 0.2) is 54.6 Å². The number of carboxylic acids is 1. The maximum atomic E-state index is 12.8. The van der Waals surface area contributed by atoms with Gasteiger partial charge in [-0.3, -0.25) is 9.59 Å². The Morgan fingerprint density at radius 1 is 1.10 bits per heavy atom. The zero-order chi connectivity index (χ0) is 22.5. The van der Waals surface area contributed by atoms with Crippen LogP contribution in [0.3, 0.4) is 0 Å². The summed E-state index contributed by atoms with van der Waals surface area (Å²) in [7, 11) is 0. The van der Waals surface area contributed by atoms with E-state index in [-0.39, 0.29) is 11.6 Å². The third-order valence-electron chi connectivity index (χ3n) is 5.69. The summed E-state index contributed by atoms with van der Waals surface area (Å²) in [6.07, 6.45) is 1.57. The molecule has 0 aromatic heterocycles. The van der Waals surface area contributed by atoms with Gasteiger partial charge >= 0.3 is 5.97 Å². The maximum Gasteiger partial charge on any atom is 0.326 e. The quantitative estimate of drug-likeness (QED) is 0.483. The lowest BCUT2D eigenvalue weighted by molar-refractivity contribution is -0.141. The number of nitrogens with zero attached hydrogens (tertiary/aromatic N) is 1. The van der Waals surface area contributed by atoms with Gasteiger partial charge in [0.15, 0.2) is 11.6 Å². The van der Waals surface area contributed by atoms with Crippen molar-refractivity contribution in [3.63, 3.8) is 0 Å². The molecule has 6 nitrogen and oxygen atoms in total. The number of benzene rings is 2. The van der Waals surface area contributed by atoms with Crippen LogP contribution in [0, 0.1) is 5.92 Å². The second kappa shape index (κ2) is 9.94. The van der Waals surface area contributed by atoms with E-state index in [2.05, 4.69) is 0 Å².